The number of Topliss-reactive ketones (excluding diaryl/α,β-unsaturated/α-hetero) is 1. The summed E-state index contributed by atoms with van der Waals surface area (Å²) in [6, 6.07) is 6.32. The number of rotatable bonds is 7. The molecule has 0 saturated heterocycles. The van der Waals surface area contributed by atoms with Crippen molar-refractivity contribution >= 4 is 21.5 Å². The number of likely N-dealkylation sites (N-methyl/N-ethyl adjacent to an activating group) is 1. The summed E-state index contributed by atoms with van der Waals surface area (Å²) in [5, 5.41) is 0. The molecule has 112 valence electrons. The quantitative estimate of drug-likeness (QED) is 0.782. The highest BCUT2D eigenvalue weighted by molar-refractivity contribution is 7.92. The number of benzene rings is 1. The van der Waals surface area contributed by atoms with E-state index in [0.29, 0.717) is 11.3 Å². The number of nitrogens with zero attached hydrogens (tertiary/aromatic N) is 1. The lowest BCUT2D eigenvalue weighted by Crippen LogP contribution is -2.38. The van der Waals surface area contributed by atoms with Crippen LogP contribution < -0.4 is 4.72 Å². The van der Waals surface area contributed by atoms with E-state index in [1.54, 1.807) is 24.3 Å². The summed E-state index contributed by atoms with van der Waals surface area (Å²) in [6.45, 7) is 7.56. The van der Waals surface area contributed by atoms with Crippen LogP contribution in [0.3, 0.4) is 0 Å². The Kier molecular flexibility index (Phi) is 5.71. The lowest BCUT2D eigenvalue weighted by Gasteiger charge is -2.25. The van der Waals surface area contributed by atoms with E-state index in [0.717, 1.165) is 19.3 Å². The minimum atomic E-state index is -3.29. The molecule has 0 fully saturated rings. The van der Waals surface area contributed by atoms with Crippen LogP contribution in [0.2, 0.25) is 0 Å². The second-order valence-electron chi connectivity index (χ2n) is 4.71. The fourth-order valence-corrected chi connectivity index (χ4v) is 2.66. The standard InChI is InChI=1S/C14H22N2O3S/c1-5-16(6-2)11(3)14(17)12-7-9-13(10-8-12)15-20(4,18)19/h7-11,15H,5-6H2,1-4H3. The molecule has 0 saturated carbocycles. The van der Waals surface area contributed by atoms with Gasteiger partial charge in [0.15, 0.2) is 5.78 Å². The zero-order valence-corrected chi connectivity index (χ0v) is 13.2. The Morgan fingerprint density at radius 2 is 1.70 bits per heavy atom. The van der Waals surface area contributed by atoms with Gasteiger partial charge in [0, 0.05) is 11.3 Å². The molecule has 0 amide bonds. The van der Waals surface area contributed by atoms with Gasteiger partial charge < -0.3 is 0 Å². The van der Waals surface area contributed by atoms with E-state index < -0.39 is 10.0 Å². The molecule has 0 heterocycles. The molecule has 20 heavy (non-hydrogen) atoms. The first-order valence-corrected chi connectivity index (χ1v) is 8.53. The number of hydrogen-bond acceptors (Lipinski definition) is 4. The van der Waals surface area contributed by atoms with Crippen LogP contribution in [0.4, 0.5) is 5.69 Å². The van der Waals surface area contributed by atoms with Crippen LogP contribution in [0.25, 0.3) is 0 Å². The highest BCUT2D eigenvalue weighted by Crippen LogP contribution is 2.14. The highest BCUT2D eigenvalue weighted by Gasteiger charge is 2.20. The van der Waals surface area contributed by atoms with Gasteiger partial charge in [0.25, 0.3) is 0 Å². The third kappa shape index (κ3) is 4.61. The number of nitrogens with one attached hydrogen (secondary N) is 1. The molecular weight excluding hydrogens is 276 g/mol. The van der Waals surface area contributed by atoms with E-state index in [9.17, 15) is 13.2 Å². The van der Waals surface area contributed by atoms with E-state index in [-0.39, 0.29) is 11.8 Å². The number of ketones is 1. The maximum atomic E-state index is 12.3. The smallest absolute Gasteiger partial charge is 0.229 e. The Morgan fingerprint density at radius 3 is 2.10 bits per heavy atom. The van der Waals surface area contributed by atoms with Crippen molar-refractivity contribution in [1.82, 2.24) is 4.90 Å². The fraction of sp³-hybridized carbons (Fsp3) is 0.500. The van der Waals surface area contributed by atoms with Crippen molar-refractivity contribution in [3.05, 3.63) is 29.8 Å². The number of carbonyl (C=O) groups is 1. The van der Waals surface area contributed by atoms with Crippen LogP contribution in [0.15, 0.2) is 24.3 Å². The number of anilines is 1. The number of carbonyl (C=O) groups excluding carboxylic acids is 1. The van der Waals surface area contributed by atoms with Crippen LogP contribution in [0.5, 0.6) is 0 Å². The topological polar surface area (TPSA) is 66.5 Å². The molecule has 0 radical (unpaired) electrons. The molecule has 1 aromatic carbocycles. The summed E-state index contributed by atoms with van der Waals surface area (Å²) in [6.07, 6.45) is 1.09. The van der Waals surface area contributed by atoms with E-state index in [1.807, 2.05) is 20.8 Å². The van der Waals surface area contributed by atoms with Crippen molar-refractivity contribution in [3.63, 3.8) is 0 Å². The summed E-state index contributed by atoms with van der Waals surface area (Å²) < 4.78 is 24.6. The molecule has 0 bridgehead atoms. The summed E-state index contributed by atoms with van der Waals surface area (Å²) >= 11 is 0. The van der Waals surface area contributed by atoms with Gasteiger partial charge in [-0.2, -0.15) is 0 Å². The molecule has 1 N–H and O–H groups in total. The van der Waals surface area contributed by atoms with E-state index in [4.69, 9.17) is 0 Å². The largest absolute Gasteiger partial charge is 0.294 e. The van der Waals surface area contributed by atoms with Crippen molar-refractivity contribution in [2.24, 2.45) is 0 Å². The molecular formula is C14H22N2O3S. The highest BCUT2D eigenvalue weighted by atomic mass is 32.2. The molecule has 5 nitrogen and oxygen atoms in total. The van der Waals surface area contributed by atoms with Gasteiger partial charge in [-0.1, -0.05) is 13.8 Å². The molecule has 1 aromatic rings. The van der Waals surface area contributed by atoms with Gasteiger partial charge in [0.1, 0.15) is 0 Å². The Morgan fingerprint density at radius 1 is 1.20 bits per heavy atom. The average Bonchev–Trinajstić information content (AvgIpc) is 2.38. The van der Waals surface area contributed by atoms with Crippen molar-refractivity contribution in [3.8, 4) is 0 Å². The Balaban J connectivity index is 2.85. The summed E-state index contributed by atoms with van der Waals surface area (Å²) in [5.41, 5.74) is 1.04. The summed E-state index contributed by atoms with van der Waals surface area (Å²) in [7, 11) is -3.29. The maximum Gasteiger partial charge on any atom is 0.229 e. The lowest BCUT2D eigenvalue weighted by atomic mass is 10.0. The van der Waals surface area contributed by atoms with Gasteiger partial charge in [-0.3, -0.25) is 14.4 Å². The summed E-state index contributed by atoms with van der Waals surface area (Å²) in [5.74, 6) is 0.0413. The third-order valence-electron chi connectivity index (χ3n) is 3.21. The fourth-order valence-electron chi connectivity index (χ4n) is 2.09. The Hall–Kier alpha value is -1.40. The molecule has 0 aliphatic heterocycles. The van der Waals surface area contributed by atoms with E-state index >= 15 is 0 Å². The van der Waals surface area contributed by atoms with Crippen molar-refractivity contribution in [2.45, 2.75) is 26.8 Å². The van der Waals surface area contributed by atoms with Gasteiger partial charge >= 0.3 is 0 Å². The van der Waals surface area contributed by atoms with Gasteiger partial charge in [-0.15, -0.1) is 0 Å². The zero-order chi connectivity index (χ0) is 15.3. The Bertz CT molecular complexity index is 548. The molecule has 1 unspecified atom stereocenters. The van der Waals surface area contributed by atoms with Crippen LogP contribution in [-0.2, 0) is 10.0 Å². The molecule has 0 spiro atoms. The minimum absolute atomic E-state index is 0.0413. The van der Waals surface area contributed by atoms with Crippen molar-refractivity contribution in [2.75, 3.05) is 24.1 Å². The van der Waals surface area contributed by atoms with E-state index in [2.05, 4.69) is 9.62 Å². The predicted octanol–water partition coefficient (Wildman–Crippen LogP) is 1.97. The number of hydrogen-bond donors (Lipinski definition) is 1. The van der Waals surface area contributed by atoms with Crippen LogP contribution in [-0.4, -0.2) is 44.5 Å². The molecule has 0 aliphatic carbocycles. The lowest BCUT2D eigenvalue weighted by molar-refractivity contribution is 0.0851. The van der Waals surface area contributed by atoms with E-state index in [1.165, 1.54) is 0 Å². The van der Waals surface area contributed by atoms with Gasteiger partial charge in [0.05, 0.1) is 12.3 Å². The maximum absolute atomic E-state index is 12.3. The van der Waals surface area contributed by atoms with Crippen LogP contribution in [0, 0.1) is 0 Å². The Labute approximate surface area is 121 Å². The zero-order valence-electron chi connectivity index (χ0n) is 12.4. The third-order valence-corrected chi connectivity index (χ3v) is 3.82. The van der Waals surface area contributed by atoms with Crippen LogP contribution in [0.1, 0.15) is 31.1 Å². The van der Waals surface area contributed by atoms with Crippen molar-refractivity contribution in [1.29, 1.82) is 0 Å². The van der Waals surface area contributed by atoms with Crippen molar-refractivity contribution < 1.29 is 13.2 Å². The molecule has 0 aromatic heterocycles. The molecule has 1 atom stereocenters. The average molecular weight is 298 g/mol. The second kappa shape index (κ2) is 6.85. The minimum Gasteiger partial charge on any atom is -0.294 e. The van der Waals surface area contributed by atoms with Gasteiger partial charge in [-0.25, -0.2) is 8.42 Å². The van der Waals surface area contributed by atoms with Gasteiger partial charge in [0.2, 0.25) is 10.0 Å². The second-order valence-corrected chi connectivity index (χ2v) is 6.46. The monoisotopic (exact) mass is 298 g/mol. The van der Waals surface area contributed by atoms with Gasteiger partial charge in [-0.05, 0) is 44.3 Å². The first-order valence-electron chi connectivity index (χ1n) is 6.64. The normalized spacial score (nSPS) is 13.2. The first kappa shape index (κ1) is 16.7. The first-order chi connectivity index (χ1) is 9.28. The molecule has 6 heteroatoms. The molecule has 1 rings (SSSR count). The predicted molar refractivity (Wildman–Crippen MR) is 81.6 cm³/mol. The van der Waals surface area contributed by atoms with Crippen LogP contribution >= 0.6 is 0 Å². The molecule has 0 aliphatic rings. The summed E-state index contributed by atoms with van der Waals surface area (Å²) in [4.78, 5) is 14.4. The SMILES string of the molecule is CCN(CC)C(C)C(=O)c1ccc(NS(C)(=O)=O)cc1. The number of sulfonamides is 1.